The van der Waals surface area contributed by atoms with Gasteiger partial charge in [0, 0.05) is 50.3 Å². The molecule has 2 atom stereocenters. The third-order valence-electron chi connectivity index (χ3n) is 8.58. The lowest BCUT2D eigenvalue weighted by Crippen LogP contribution is -2.55. The normalized spacial score (nSPS) is 18.0. The van der Waals surface area contributed by atoms with Crippen LogP contribution in [0.15, 0.2) is 71.7 Å². The molecule has 2 aliphatic rings. The van der Waals surface area contributed by atoms with E-state index in [1.54, 1.807) is 19.0 Å². The number of amides is 3. The van der Waals surface area contributed by atoms with Gasteiger partial charge in [-0.3, -0.25) is 19.6 Å². The van der Waals surface area contributed by atoms with Crippen LogP contribution in [0.2, 0.25) is 10.0 Å². The van der Waals surface area contributed by atoms with Gasteiger partial charge in [-0.15, -0.1) is 12.4 Å². The van der Waals surface area contributed by atoms with E-state index in [1.165, 1.54) is 0 Å². The van der Waals surface area contributed by atoms with E-state index in [9.17, 15) is 9.59 Å². The van der Waals surface area contributed by atoms with Crippen LogP contribution in [0, 0.1) is 0 Å². The summed E-state index contributed by atoms with van der Waals surface area (Å²) < 4.78 is 6.23. The number of nitrogens with zero attached hydrogens (tertiary/aromatic N) is 5. The molecule has 3 aromatic carbocycles. The van der Waals surface area contributed by atoms with Crippen molar-refractivity contribution in [2.45, 2.75) is 52.6 Å². The van der Waals surface area contributed by atoms with Crippen LogP contribution in [0.1, 0.15) is 69.5 Å². The van der Waals surface area contributed by atoms with Crippen molar-refractivity contribution in [1.29, 1.82) is 0 Å². The lowest BCUT2D eigenvalue weighted by molar-refractivity contribution is -0.130. The van der Waals surface area contributed by atoms with Crippen LogP contribution in [0.5, 0.6) is 5.75 Å². The number of aliphatic imine (C=N–C) groups is 1. The number of amidine groups is 1. The molecule has 48 heavy (non-hydrogen) atoms. The minimum atomic E-state index is -0.453. The summed E-state index contributed by atoms with van der Waals surface area (Å²) in [5, 5.41) is 1.24. The van der Waals surface area contributed by atoms with Crippen molar-refractivity contribution in [3.8, 4) is 5.75 Å². The molecule has 0 bridgehead atoms. The van der Waals surface area contributed by atoms with Gasteiger partial charge in [0.25, 0.3) is 0 Å². The van der Waals surface area contributed by atoms with Crippen molar-refractivity contribution in [1.82, 2.24) is 19.6 Å². The summed E-state index contributed by atoms with van der Waals surface area (Å²) in [6.45, 7) is 11.4. The molecule has 11 heteroatoms. The van der Waals surface area contributed by atoms with Gasteiger partial charge in [0.15, 0.2) is 0 Å². The molecule has 0 aliphatic carbocycles. The Labute approximate surface area is 302 Å². The zero-order chi connectivity index (χ0) is 33.2. The highest BCUT2D eigenvalue weighted by Crippen LogP contribution is 2.46. The van der Waals surface area contributed by atoms with E-state index in [0.29, 0.717) is 61.0 Å². The second kappa shape index (κ2) is 16.4. The summed E-state index contributed by atoms with van der Waals surface area (Å²) in [7, 11) is 3.52. The molecule has 0 N–H and O–H groups in total. The van der Waals surface area contributed by atoms with Gasteiger partial charge in [0.05, 0.1) is 24.8 Å². The SMILES string of the molecule is C.CCOc1cc(C(C)(C)C)ccc1C1=N[C@@H](c2ccc(Cl)cc2)[C@@H](c2ccc(Cl)cc2)N1C(=O)N1CCN(CC(=O)N(C)C)CC1.Cl. The highest BCUT2D eigenvalue weighted by Gasteiger charge is 2.45. The third kappa shape index (κ3) is 8.64. The first kappa shape index (κ1) is 39.1. The molecule has 5 rings (SSSR count). The first-order valence-corrected chi connectivity index (χ1v) is 16.5. The summed E-state index contributed by atoms with van der Waals surface area (Å²) >= 11 is 12.6. The number of carbonyl (C=O) groups excluding carboxylic acids is 2. The largest absolute Gasteiger partial charge is 0.493 e. The van der Waals surface area contributed by atoms with Gasteiger partial charge >= 0.3 is 6.03 Å². The standard InChI is InChI=1S/C36H43Cl2N5O3.CH4.ClH/c1-7-46-30-22-26(36(2,3)4)12-17-29(30)34-39-32(24-8-13-27(37)14-9-24)33(25-10-15-28(38)16-11-25)43(34)35(45)42-20-18-41(19-21-42)23-31(44)40(5)6;;/h8-17,22,32-33H,7,18-21,23H2,1-6H3;1H4;1H/t32-,33+;;/m0../s1. The van der Waals surface area contributed by atoms with Crippen molar-refractivity contribution < 1.29 is 14.3 Å². The molecule has 0 saturated carbocycles. The van der Waals surface area contributed by atoms with E-state index in [1.807, 2.05) is 71.3 Å². The van der Waals surface area contributed by atoms with E-state index in [-0.39, 0.29) is 37.2 Å². The lowest BCUT2D eigenvalue weighted by atomic mass is 9.86. The average Bonchev–Trinajstić information content (AvgIpc) is 3.41. The second-order valence-corrected chi connectivity index (χ2v) is 13.9. The Morgan fingerprint density at radius 3 is 1.98 bits per heavy atom. The Morgan fingerprint density at radius 2 is 1.46 bits per heavy atom. The monoisotopic (exact) mass is 715 g/mol. The molecule has 8 nitrogen and oxygen atoms in total. The summed E-state index contributed by atoms with van der Waals surface area (Å²) in [5.74, 6) is 1.29. The summed E-state index contributed by atoms with van der Waals surface area (Å²) in [6, 6.07) is 20.5. The van der Waals surface area contributed by atoms with Gasteiger partial charge < -0.3 is 14.5 Å². The first-order chi connectivity index (χ1) is 21.9. The number of carbonyl (C=O) groups is 2. The number of hydrogen-bond acceptors (Lipinski definition) is 5. The predicted molar refractivity (Wildman–Crippen MR) is 199 cm³/mol. The molecule has 2 heterocycles. The lowest BCUT2D eigenvalue weighted by Gasteiger charge is -2.39. The Kier molecular flexibility index (Phi) is 13.4. The van der Waals surface area contributed by atoms with Gasteiger partial charge in [-0.1, -0.05) is 81.7 Å². The van der Waals surface area contributed by atoms with Crippen LogP contribution in [0.4, 0.5) is 4.79 Å². The number of piperazine rings is 1. The fourth-order valence-corrected chi connectivity index (χ4v) is 6.14. The highest BCUT2D eigenvalue weighted by molar-refractivity contribution is 6.30. The van der Waals surface area contributed by atoms with Crippen LogP contribution < -0.4 is 4.74 Å². The molecular weight excluding hydrogens is 669 g/mol. The Morgan fingerprint density at radius 1 is 0.896 bits per heavy atom. The van der Waals surface area contributed by atoms with Crippen molar-refractivity contribution in [2.24, 2.45) is 4.99 Å². The zero-order valence-corrected chi connectivity index (χ0v) is 30.2. The maximum Gasteiger partial charge on any atom is 0.326 e. The fourth-order valence-electron chi connectivity index (χ4n) is 5.89. The average molecular weight is 717 g/mol. The minimum absolute atomic E-state index is 0. The smallest absolute Gasteiger partial charge is 0.326 e. The third-order valence-corrected chi connectivity index (χ3v) is 9.09. The molecule has 260 valence electrons. The van der Waals surface area contributed by atoms with Crippen LogP contribution >= 0.6 is 35.6 Å². The van der Waals surface area contributed by atoms with Crippen LogP contribution in [0.3, 0.4) is 0 Å². The number of ether oxygens (including phenoxy) is 1. The molecule has 2 aliphatic heterocycles. The minimum Gasteiger partial charge on any atom is -0.493 e. The van der Waals surface area contributed by atoms with Crippen LogP contribution in [-0.2, 0) is 10.2 Å². The van der Waals surface area contributed by atoms with Gasteiger partial charge in [-0.25, -0.2) is 4.79 Å². The summed E-state index contributed by atoms with van der Waals surface area (Å²) in [5.41, 5.74) is 3.64. The quantitative estimate of drug-likeness (QED) is 0.248. The number of halogens is 3. The van der Waals surface area contributed by atoms with E-state index >= 15 is 0 Å². The second-order valence-electron chi connectivity index (χ2n) is 13.0. The Bertz CT molecular complexity index is 1580. The van der Waals surface area contributed by atoms with E-state index in [4.69, 9.17) is 32.9 Å². The molecule has 1 fully saturated rings. The predicted octanol–water partition coefficient (Wildman–Crippen LogP) is 8.12. The molecule has 3 amide bonds. The fraction of sp³-hybridized carbons (Fsp3) is 0.432. The van der Waals surface area contributed by atoms with E-state index < -0.39 is 12.1 Å². The van der Waals surface area contributed by atoms with Crippen LogP contribution in [-0.4, -0.2) is 90.8 Å². The number of hydrogen-bond donors (Lipinski definition) is 0. The van der Waals surface area contributed by atoms with Gasteiger partial charge in [-0.2, -0.15) is 0 Å². The number of likely N-dealkylation sites (N-methyl/N-ethyl adjacent to an activating group) is 1. The topological polar surface area (TPSA) is 68.7 Å². The van der Waals surface area contributed by atoms with Gasteiger partial charge in [0.1, 0.15) is 17.6 Å². The molecule has 0 radical (unpaired) electrons. The molecule has 0 unspecified atom stereocenters. The molecule has 3 aromatic rings. The molecule has 0 spiro atoms. The van der Waals surface area contributed by atoms with Crippen molar-refractivity contribution in [3.05, 3.63) is 99.0 Å². The molecule has 0 aromatic heterocycles. The van der Waals surface area contributed by atoms with Crippen molar-refractivity contribution in [2.75, 3.05) is 53.4 Å². The van der Waals surface area contributed by atoms with Gasteiger partial charge in [-0.05, 0) is 65.4 Å². The Balaban J connectivity index is 0.00000312. The van der Waals surface area contributed by atoms with E-state index in [0.717, 1.165) is 22.3 Å². The molecule has 1 saturated heterocycles. The summed E-state index contributed by atoms with van der Waals surface area (Å²) in [4.78, 5) is 39.9. The van der Waals surface area contributed by atoms with E-state index in [2.05, 4.69) is 37.8 Å². The number of urea groups is 1. The molecular formula is C37H48Cl3N5O3. The first-order valence-electron chi connectivity index (χ1n) is 15.7. The summed E-state index contributed by atoms with van der Waals surface area (Å²) in [6.07, 6.45) is 0. The zero-order valence-electron chi connectivity index (χ0n) is 27.9. The number of rotatable bonds is 7. The van der Waals surface area contributed by atoms with Crippen molar-refractivity contribution >= 4 is 53.4 Å². The van der Waals surface area contributed by atoms with Crippen LogP contribution in [0.25, 0.3) is 0 Å². The highest BCUT2D eigenvalue weighted by atomic mass is 35.5. The Hall–Kier alpha value is -3.30. The maximum atomic E-state index is 14.8. The number of benzene rings is 3. The maximum absolute atomic E-state index is 14.8. The van der Waals surface area contributed by atoms with Crippen molar-refractivity contribution in [3.63, 3.8) is 0 Å². The van der Waals surface area contributed by atoms with Gasteiger partial charge in [0.2, 0.25) is 5.91 Å².